The predicted molar refractivity (Wildman–Crippen MR) is 73.5 cm³/mol. The van der Waals surface area contributed by atoms with Gasteiger partial charge in [-0.2, -0.15) is 0 Å². The molecule has 2 rings (SSSR count). The fraction of sp³-hybridized carbons (Fsp3) is 0.571. The van der Waals surface area contributed by atoms with E-state index in [1.54, 1.807) is 12.1 Å². The summed E-state index contributed by atoms with van der Waals surface area (Å²) in [5, 5.41) is 10.5. The fourth-order valence-electron chi connectivity index (χ4n) is 2.16. The number of non-ortho nitro benzene ring substituents is 1. The molecular formula is C14H20N2O3. The lowest BCUT2D eigenvalue weighted by molar-refractivity contribution is -0.384. The first kappa shape index (κ1) is 13.8. The number of rotatable bonds is 8. The minimum absolute atomic E-state index is 0.0956. The number of nitro benzene ring substituents is 1. The van der Waals surface area contributed by atoms with Gasteiger partial charge in [0.15, 0.2) is 0 Å². The zero-order valence-corrected chi connectivity index (χ0v) is 11.2. The summed E-state index contributed by atoms with van der Waals surface area (Å²) < 4.78 is 5.59. The van der Waals surface area contributed by atoms with E-state index in [1.165, 1.54) is 25.0 Å². The van der Waals surface area contributed by atoms with Crippen LogP contribution in [0.2, 0.25) is 0 Å². The van der Waals surface area contributed by atoms with Gasteiger partial charge in [0.1, 0.15) is 5.75 Å². The number of nitrogens with zero attached hydrogens (tertiary/aromatic N) is 2. The van der Waals surface area contributed by atoms with Crippen molar-refractivity contribution in [2.24, 2.45) is 0 Å². The molecule has 0 saturated heterocycles. The summed E-state index contributed by atoms with van der Waals surface area (Å²) >= 11 is 0. The van der Waals surface area contributed by atoms with Crippen molar-refractivity contribution in [3.05, 3.63) is 34.4 Å². The molecule has 1 aromatic rings. The second kappa shape index (κ2) is 6.52. The molecule has 1 aromatic carbocycles. The van der Waals surface area contributed by atoms with Crippen LogP contribution < -0.4 is 4.74 Å². The number of nitro groups is 1. The third-order valence-electron chi connectivity index (χ3n) is 3.38. The molecule has 1 fully saturated rings. The van der Waals surface area contributed by atoms with E-state index in [9.17, 15) is 10.1 Å². The smallest absolute Gasteiger partial charge is 0.269 e. The minimum Gasteiger partial charge on any atom is -0.494 e. The Hall–Kier alpha value is -1.62. The monoisotopic (exact) mass is 264 g/mol. The van der Waals surface area contributed by atoms with Gasteiger partial charge < -0.3 is 9.64 Å². The minimum atomic E-state index is -0.404. The summed E-state index contributed by atoms with van der Waals surface area (Å²) in [6.07, 6.45) is 3.65. The maximum atomic E-state index is 10.5. The van der Waals surface area contributed by atoms with Crippen molar-refractivity contribution >= 4 is 5.69 Å². The van der Waals surface area contributed by atoms with Gasteiger partial charge in [-0.3, -0.25) is 10.1 Å². The Kier molecular flexibility index (Phi) is 4.74. The second-order valence-corrected chi connectivity index (χ2v) is 4.81. The van der Waals surface area contributed by atoms with Crippen LogP contribution in [0.3, 0.4) is 0 Å². The van der Waals surface area contributed by atoms with Crippen LogP contribution in [0.4, 0.5) is 5.69 Å². The number of ether oxygens (including phenoxy) is 1. The molecule has 1 saturated carbocycles. The van der Waals surface area contributed by atoms with Gasteiger partial charge in [-0.15, -0.1) is 0 Å². The Balaban J connectivity index is 1.68. The summed E-state index contributed by atoms with van der Waals surface area (Å²) in [5.41, 5.74) is 0.0956. The van der Waals surface area contributed by atoms with Crippen LogP contribution >= 0.6 is 0 Å². The van der Waals surface area contributed by atoms with Gasteiger partial charge >= 0.3 is 0 Å². The van der Waals surface area contributed by atoms with Crippen LogP contribution in [0.15, 0.2) is 24.3 Å². The molecule has 0 amide bonds. The van der Waals surface area contributed by atoms with Crippen molar-refractivity contribution in [1.29, 1.82) is 0 Å². The van der Waals surface area contributed by atoms with Crippen LogP contribution in [0.1, 0.15) is 26.2 Å². The molecule has 0 spiro atoms. The van der Waals surface area contributed by atoms with Crippen LogP contribution in [-0.4, -0.2) is 35.6 Å². The van der Waals surface area contributed by atoms with E-state index >= 15 is 0 Å². The lowest BCUT2D eigenvalue weighted by Gasteiger charge is -2.19. The highest BCUT2D eigenvalue weighted by molar-refractivity contribution is 5.35. The molecule has 0 bridgehead atoms. The topological polar surface area (TPSA) is 55.6 Å². The number of hydrogen-bond acceptors (Lipinski definition) is 4. The van der Waals surface area contributed by atoms with E-state index in [2.05, 4.69) is 11.8 Å². The van der Waals surface area contributed by atoms with E-state index in [0.717, 1.165) is 25.6 Å². The quantitative estimate of drug-likeness (QED) is 0.411. The molecule has 0 heterocycles. The molecule has 0 atom stereocenters. The van der Waals surface area contributed by atoms with Gasteiger partial charge in [0.25, 0.3) is 5.69 Å². The first-order chi connectivity index (χ1) is 9.20. The molecule has 0 aromatic heterocycles. The Morgan fingerprint density at radius 3 is 2.58 bits per heavy atom. The maximum absolute atomic E-state index is 10.5. The van der Waals surface area contributed by atoms with E-state index < -0.39 is 4.92 Å². The molecule has 0 unspecified atom stereocenters. The van der Waals surface area contributed by atoms with Crippen molar-refractivity contribution in [2.75, 3.05) is 19.7 Å². The predicted octanol–water partition coefficient (Wildman–Crippen LogP) is 2.85. The van der Waals surface area contributed by atoms with E-state index in [-0.39, 0.29) is 5.69 Å². The fourth-order valence-corrected chi connectivity index (χ4v) is 2.16. The summed E-state index contributed by atoms with van der Waals surface area (Å²) in [4.78, 5) is 12.6. The van der Waals surface area contributed by atoms with Gasteiger partial charge in [0, 0.05) is 24.7 Å². The first-order valence-electron chi connectivity index (χ1n) is 6.82. The van der Waals surface area contributed by atoms with Gasteiger partial charge in [-0.25, -0.2) is 0 Å². The Bertz CT molecular complexity index is 415. The van der Waals surface area contributed by atoms with Gasteiger partial charge in [-0.1, -0.05) is 6.92 Å². The van der Waals surface area contributed by atoms with Crippen molar-refractivity contribution in [3.63, 3.8) is 0 Å². The average Bonchev–Trinajstić information content (AvgIpc) is 3.24. The van der Waals surface area contributed by atoms with Crippen molar-refractivity contribution in [2.45, 2.75) is 32.2 Å². The SMILES string of the molecule is CCN(CCCOc1ccc([N+](=O)[O-])cc1)C1CC1. The molecular weight excluding hydrogens is 244 g/mol. The highest BCUT2D eigenvalue weighted by Crippen LogP contribution is 2.26. The summed E-state index contributed by atoms with van der Waals surface area (Å²) in [6.45, 7) is 5.01. The van der Waals surface area contributed by atoms with E-state index in [0.29, 0.717) is 12.4 Å². The standard InChI is InChI=1S/C14H20N2O3/c1-2-15(12-4-5-12)10-3-11-19-14-8-6-13(7-9-14)16(17)18/h6-9,12H,2-5,10-11H2,1H3. The molecule has 1 aliphatic rings. The molecule has 5 heteroatoms. The van der Waals surface area contributed by atoms with Crippen LogP contribution in [0.25, 0.3) is 0 Å². The maximum Gasteiger partial charge on any atom is 0.269 e. The van der Waals surface area contributed by atoms with Crippen LogP contribution in [0.5, 0.6) is 5.75 Å². The highest BCUT2D eigenvalue weighted by Gasteiger charge is 2.26. The third kappa shape index (κ3) is 4.21. The Morgan fingerprint density at radius 2 is 2.05 bits per heavy atom. The Labute approximate surface area is 113 Å². The van der Waals surface area contributed by atoms with Crippen molar-refractivity contribution in [1.82, 2.24) is 4.90 Å². The highest BCUT2D eigenvalue weighted by atomic mass is 16.6. The summed E-state index contributed by atoms with van der Waals surface area (Å²) in [6, 6.07) is 7.03. The lowest BCUT2D eigenvalue weighted by Crippen LogP contribution is -2.27. The molecule has 0 radical (unpaired) electrons. The van der Waals surface area contributed by atoms with Crippen LogP contribution in [0, 0.1) is 10.1 Å². The molecule has 19 heavy (non-hydrogen) atoms. The second-order valence-electron chi connectivity index (χ2n) is 4.81. The largest absolute Gasteiger partial charge is 0.494 e. The summed E-state index contributed by atoms with van der Waals surface area (Å²) in [5.74, 6) is 0.695. The van der Waals surface area contributed by atoms with Gasteiger partial charge in [0.2, 0.25) is 0 Å². The molecule has 104 valence electrons. The van der Waals surface area contributed by atoms with E-state index in [4.69, 9.17) is 4.74 Å². The molecule has 1 aliphatic carbocycles. The average molecular weight is 264 g/mol. The Morgan fingerprint density at radius 1 is 1.37 bits per heavy atom. The molecule has 0 N–H and O–H groups in total. The first-order valence-corrected chi connectivity index (χ1v) is 6.82. The normalized spacial score (nSPS) is 14.6. The number of hydrogen-bond donors (Lipinski definition) is 0. The van der Waals surface area contributed by atoms with E-state index in [1.807, 2.05) is 0 Å². The van der Waals surface area contributed by atoms with Crippen molar-refractivity contribution in [3.8, 4) is 5.75 Å². The number of benzene rings is 1. The molecule has 0 aliphatic heterocycles. The zero-order chi connectivity index (χ0) is 13.7. The van der Waals surface area contributed by atoms with Gasteiger partial charge in [0.05, 0.1) is 11.5 Å². The molecule has 5 nitrogen and oxygen atoms in total. The van der Waals surface area contributed by atoms with Gasteiger partial charge in [-0.05, 0) is 37.9 Å². The van der Waals surface area contributed by atoms with Crippen LogP contribution in [-0.2, 0) is 0 Å². The third-order valence-corrected chi connectivity index (χ3v) is 3.38. The zero-order valence-electron chi connectivity index (χ0n) is 11.2. The lowest BCUT2D eigenvalue weighted by atomic mass is 10.3. The van der Waals surface area contributed by atoms with Crippen molar-refractivity contribution < 1.29 is 9.66 Å². The summed E-state index contributed by atoms with van der Waals surface area (Å²) in [7, 11) is 0.